The van der Waals surface area contributed by atoms with Crippen molar-refractivity contribution < 1.29 is 46.6 Å². The predicted molar refractivity (Wildman–Crippen MR) is 208 cm³/mol. The Bertz CT molecular complexity index is 1840. The lowest BCUT2D eigenvalue weighted by atomic mass is 10.0. The molecule has 4 aliphatic carbocycles. The molecule has 0 spiro atoms. The van der Waals surface area contributed by atoms with E-state index in [1.165, 1.54) is 4.90 Å². The third-order valence-electron chi connectivity index (χ3n) is 12.2. The lowest BCUT2D eigenvalue weighted by molar-refractivity contribution is -0.153. The third-order valence-corrected chi connectivity index (χ3v) is 14.1. The highest BCUT2D eigenvalue weighted by Crippen LogP contribution is 2.46. The molecule has 1 unspecified atom stereocenters. The number of ether oxygens (including phenoxy) is 3. The van der Waals surface area contributed by atoms with Gasteiger partial charge in [0.15, 0.2) is 0 Å². The maximum atomic E-state index is 14.5. The molecule has 1 aromatic rings. The van der Waals surface area contributed by atoms with Crippen molar-refractivity contribution in [1.29, 1.82) is 0 Å². The number of carbonyl (C=O) groups is 5. The first-order chi connectivity index (χ1) is 27.3. The van der Waals surface area contributed by atoms with Gasteiger partial charge in [-0.05, 0) is 114 Å². The van der Waals surface area contributed by atoms with Gasteiger partial charge in [0.05, 0.1) is 17.7 Å². The standard InChI is InChI=1S/C41H57N5O10S/c1-45(2)18-19-54-31-15-14-26-20-28(21-27(26)22-31)38(49)55-32-23-35-36(47)43-41(39(50)44-57(52,53)33-16-17-33)24-29(41)10-6-4-3-5-7-13-34(37(48)46(35)25-32)42-40(51)56-30-11-8-9-12-30/h6,10,14-15,22,28-30,32-35H,3-5,7-9,11-13,16-21,23-25H2,1-2H3,(H,42,51)(H,43,47)(H,44,50)/t28?,29-,32-,34+,35+,41-/m1/s1. The molecule has 0 bridgehead atoms. The van der Waals surface area contributed by atoms with Crippen molar-refractivity contribution in [2.24, 2.45) is 11.8 Å². The number of carbonyl (C=O) groups excluding carboxylic acids is 5. The van der Waals surface area contributed by atoms with E-state index in [1.54, 1.807) is 0 Å². The summed E-state index contributed by atoms with van der Waals surface area (Å²) in [6.07, 6.45) is 10.7. The Hall–Kier alpha value is -4.18. The van der Waals surface area contributed by atoms with E-state index >= 15 is 0 Å². The van der Waals surface area contributed by atoms with Gasteiger partial charge in [-0.3, -0.25) is 23.9 Å². The zero-order valence-electron chi connectivity index (χ0n) is 33.0. The largest absolute Gasteiger partial charge is 0.492 e. The molecule has 6 atom stereocenters. The molecule has 6 aliphatic rings. The van der Waals surface area contributed by atoms with Crippen molar-refractivity contribution in [1.82, 2.24) is 25.2 Å². The Labute approximate surface area is 335 Å². The molecule has 2 aliphatic heterocycles. The summed E-state index contributed by atoms with van der Waals surface area (Å²) in [5, 5.41) is 5.00. The van der Waals surface area contributed by atoms with Crippen molar-refractivity contribution in [3.05, 3.63) is 41.5 Å². The summed E-state index contributed by atoms with van der Waals surface area (Å²) in [5.41, 5.74) is 0.517. The molecule has 7 rings (SSSR count). The second kappa shape index (κ2) is 17.4. The predicted octanol–water partition coefficient (Wildman–Crippen LogP) is 2.90. The Morgan fingerprint density at radius 1 is 0.947 bits per heavy atom. The monoisotopic (exact) mass is 811 g/mol. The average Bonchev–Trinajstić information content (AvgIpc) is 3.95. The summed E-state index contributed by atoms with van der Waals surface area (Å²) in [6, 6.07) is 3.67. The summed E-state index contributed by atoms with van der Waals surface area (Å²) >= 11 is 0. The first-order valence-corrected chi connectivity index (χ1v) is 22.3. The number of fused-ring (bicyclic) bond motifs is 3. The number of allylic oxidation sites excluding steroid dienone is 1. The minimum atomic E-state index is -3.90. The molecule has 4 amide bonds. The van der Waals surface area contributed by atoms with Crippen molar-refractivity contribution in [3.63, 3.8) is 0 Å². The van der Waals surface area contributed by atoms with Crippen LogP contribution in [-0.2, 0) is 51.5 Å². The number of likely N-dealkylation sites (N-methyl/N-ethyl adjacent to an activating group) is 1. The van der Waals surface area contributed by atoms with E-state index in [0.717, 1.165) is 61.9 Å². The summed E-state index contributed by atoms with van der Waals surface area (Å²) in [7, 11) is 0.0459. The van der Waals surface area contributed by atoms with Crippen LogP contribution in [0.5, 0.6) is 5.75 Å². The van der Waals surface area contributed by atoms with Crippen LogP contribution < -0.4 is 20.1 Å². The Balaban J connectivity index is 1.09. The van der Waals surface area contributed by atoms with Gasteiger partial charge in [0.1, 0.15) is 42.2 Å². The lowest BCUT2D eigenvalue weighted by Crippen LogP contribution is -2.58. The highest BCUT2D eigenvalue weighted by Gasteiger charge is 2.62. The van der Waals surface area contributed by atoms with Crippen LogP contribution in [-0.4, -0.2) is 117 Å². The van der Waals surface area contributed by atoms with Crippen LogP contribution in [0, 0.1) is 11.8 Å². The van der Waals surface area contributed by atoms with Gasteiger partial charge in [0, 0.05) is 18.9 Å². The van der Waals surface area contributed by atoms with Crippen LogP contribution in [0.15, 0.2) is 30.4 Å². The first-order valence-electron chi connectivity index (χ1n) is 20.7. The number of nitrogens with zero attached hydrogens (tertiary/aromatic N) is 2. The summed E-state index contributed by atoms with van der Waals surface area (Å²) in [4.78, 5) is 72.8. The van der Waals surface area contributed by atoms with Gasteiger partial charge in [0.25, 0.3) is 5.91 Å². The van der Waals surface area contributed by atoms with E-state index in [4.69, 9.17) is 14.2 Å². The fourth-order valence-corrected chi connectivity index (χ4v) is 10.0. The molecule has 3 saturated carbocycles. The minimum Gasteiger partial charge on any atom is -0.492 e. The number of alkyl carbamates (subject to hydrolysis) is 1. The second-order valence-corrected chi connectivity index (χ2v) is 19.0. The van der Waals surface area contributed by atoms with Gasteiger partial charge in [-0.25, -0.2) is 13.2 Å². The molecule has 2 heterocycles. The highest BCUT2D eigenvalue weighted by atomic mass is 32.2. The lowest BCUT2D eigenvalue weighted by Gasteiger charge is -2.30. The van der Waals surface area contributed by atoms with Crippen molar-refractivity contribution >= 4 is 39.8 Å². The van der Waals surface area contributed by atoms with Crippen LogP contribution in [0.3, 0.4) is 0 Å². The number of benzene rings is 1. The third kappa shape index (κ3) is 9.93. The normalized spacial score (nSPS) is 29.3. The molecule has 1 saturated heterocycles. The number of sulfonamides is 1. The van der Waals surface area contributed by atoms with Crippen LogP contribution in [0.25, 0.3) is 0 Å². The quantitative estimate of drug-likeness (QED) is 0.220. The number of esters is 1. The van der Waals surface area contributed by atoms with Crippen molar-refractivity contribution in [2.45, 2.75) is 131 Å². The zero-order chi connectivity index (χ0) is 40.3. The summed E-state index contributed by atoms with van der Waals surface area (Å²) in [6.45, 7) is 1.20. The zero-order valence-corrected chi connectivity index (χ0v) is 33.9. The number of amides is 4. The molecule has 0 radical (unpaired) electrons. The van der Waals surface area contributed by atoms with Gasteiger partial charge < -0.3 is 34.6 Å². The van der Waals surface area contributed by atoms with E-state index in [2.05, 4.69) is 15.4 Å². The van der Waals surface area contributed by atoms with E-state index in [1.807, 2.05) is 49.3 Å². The minimum absolute atomic E-state index is 0.0370. The van der Waals surface area contributed by atoms with Crippen LogP contribution in [0.1, 0.15) is 94.6 Å². The van der Waals surface area contributed by atoms with Gasteiger partial charge in [-0.15, -0.1) is 0 Å². The Morgan fingerprint density at radius 2 is 1.70 bits per heavy atom. The topological polar surface area (TPSA) is 190 Å². The molecule has 0 aromatic heterocycles. The SMILES string of the molecule is CN(C)CCOc1ccc2c(c1)CC(C(=O)O[C@@H]1C[C@H]3C(=O)N[C@]4(C(=O)NS(=O)(=O)C5CC5)C[C@H]4C=CCCCCC[C@H](NC(=O)OC4CCCC4)C(=O)N3C1)C2. The smallest absolute Gasteiger partial charge is 0.408 e. The van der Waals surface area contributed by atoms with Crippen LogP contribution in [0.2, 0.25) is 0 Å². The number of hydrogen-bond donors (Lipinski definition) is 3. The van der Waals surface area contributed by atoms with E-state index < -0.39 is 80.6 Å². The van der Waals surface area contributed by atoms with Crippen LogP contribution >= 0.6 is 0 Å². The molecule has 16 heteroatoms. The highest BCUT2D eigenvalue weighted by molar-refractivity contribution is 7.91. The van der Waals surface area contributed by atoms with Crippen LogP contribution in [0.4, 0.5) is 4.79 Å². The maximum Gasteiger partial charge on any atom is 0.408 e. The van der Waals surface area contributed by atoms with Gasteiger partial charge in [-0.2, -0.15) is 0 Å². The molecular formula is C41H57N5O10S. The van der Waals surface area contributed by atoms with Gasteiger partial charge in [-0.1, -0.05) is 31.1 Å². The molecule has 4 fully saturated rings. The average molecular weight is 812 g/mol. The number of nitrogens with one attached hydrogen (secondary N) is 3. The molecule has 57 heavy (non-hydrogen) atoms. The van der Waals surface area contributed by atoms with Crippen molar-refractivity contribution in [3.8, 4) is 5.75 Å². The molecule has 15 nitrogen and oxygen atoms in total. The first kappa shape index (κ1) is 41.0. The fourth-order valence-electron chi connectivity index (χ4n) is 8.64. The Morgan fingerprint density at radius 3 is 2.46 bits per heavy atom. The van der Waals surface area contributed by atoms with Gasteiger partial charge >= 0.3 is 12.1 Å². The maximum absolute atomic E-state index is 14.5. The number of rotatable bonds is 11. The van der Waals surface area contributed by atoms with E-state index in [-0.39, 0.29) is 25.5 Å². The fraction of sp³-hybridized carbons (Fsp3) is 0.683. The molecule has 312 valence electrons. The van der Waals surface area contributed by atoms with E-state index in [9.17, 15) is 32.4 Å². The Kier molecular flexibility index (Phi) is 12.5. The van der Waals surface area contributed by atoms with E-state index in [0.29, 0.717) is 51.6 Å². The molecule has 1 aromatic carbocycles. The van der Waals surface area contributed by atoms with Crippen molar-refractivity contribution in [2.75, 3.05) is 33.8 Å². The molecule has 3 N–H and O–H groups in total. The molecular weight excluding hydrogens is 755 g/mol. The summed E-state index contributed by atoms with van der Waals surface area (Å²) < 4.78 is 45.5. The summed E-state index contributed by atoms with van der Waals surface area (Å²) in [5.74, 6) is -2.58. The van der Waals surface area contributed by atoms with Gasteiger partial charge in [0.2, 0.25) is 21.8 Å². The number of hydrogen-bond acceptors (Lipinski definition) is 11. The second-order valence-electron chi connectivity index (χ2n) is 17.0.